The molecule has 4 N–H and O–H groups in total. The van der Waals surface area contributed by atoms with Gasteiger partial charge >= 0.3 is 0 Å². The third-order valence-electron chi connectivity index (χ3n) is 4.81. The standard InChI is InChI=1S/C18H19ClN4O5S2/c1-8-2-3-9(4-10(8)19)30-17-16(26)14(15(25)13(6-24)28-17)23-5-11(21-22-23)12-7-29-18(27)20-12/h2-5,7,13-17,24-26H,6H2,1H3,(H,20,27)/t13?,14?,15-,16?,17+/m0/s1. The third-order valence-corrected chi connectivity index (χ3v) is 7.01. The monoisotopic (exact) mass is 470 g/mol. The Morgan fingerprint density at radius 1 is 1.27 bits per heavy atom. The van der Waals surface area contributed by atoms with E-state index in [0.717, 1.165) is 21.8 Å². The summed E-state index contributed by atoms with van der Waals surface area (Å²) in [4.78, 5) is 4.72. The lowest BCUT2D eigenvalue weighted by Gasteiger charge is -2.41. The molecule has 3 aromatic rings. The summed E-state index contributed by atoms with van der Waals surface area (Å²) in [7, 11) is 0. The average molecular weight is 471 g/mol. The van der Waals surface area contributed by atoms with Gasteiger partial charge in [-0.05, 0) is 24.6 Å². The molecule has 160 valence electrons. The number of rotatable bonds is 5. The van der Waals surface area contributed by atoms with Gasteiger partial charge in [-0.2, -0.15) is 0 Å². The molecule has 0 bridgehead atoms. The van der Waals surface area contributed by atoms with Crippen LogP contribution in [-0.2, 0) is 4.74 Å². The lowest BCUT2D eigenvalue weighted by molar-refractivity contribution is -0.178. The Morgan fingerprint density at radius 2 is 2.07 bits per heavy atom. The predicted octanol–water partition coefficient (Wildman–Crippen LogP) is 1.84. The number of hydrogen-bond acceptors (Lipinski definition) is 10. The SMILES string of the molecule is Cc1ccc(S[C@H]2OC(CO)[C@H](O)C(n3cc(-c4csc(O)n4)nn3)C2O)cc1Cl. The quantitative estimate of drug-likeness (QED) is 0.440. The first-order valence-corrected chi connectivity index (χ1v) is 11.1. The Morgan fingerprint density at radius 3 is 2.73 bits per heavy atom. The van der Waals surface area contributed by atoms with Crippen molar-refractivity contribution in [1.29, 1.82) is 0 Å². The highest BCUT2D eigenvalue weighted by Crippen LogP contribution is 2.39. The molecule has 0 radical (unpaired) electrons. The van der Waals surface area contributed by atoms with Crippen LogP contribution in [0.4, 0.5) is 0 Å². The number of halogens is 1. The molecule has 3 unspecified atom stereocenters. The van der Waals surface area contributed by atoms with Crippen molar-refractivity contribution < 1.29 is 25.2 Å². The smallest absolute Gasteiger partial charge is 0.271 e. The number of aliphatic hydroxyl groups excluding tert-OH is 3. The van der Waals surface area contributed by atoms with Gasteiger partial charge in [0.1, 0.15) is 41.2 Å². The first kappa shape index (κ1) is 21.5. The van der Waals surface area contributed by atoms with Crippen molar-refractivity contribution in [3.05, 3.63) is 40.4 Å². The number of thiazole rings is 1. The number of aromatic hydroxyl groups is 1. The minimum atomic E-state index is -1.22. The molecule has 1 fully saturated rings. The molecule has 1 saturated heterocycles. The number of thioether (sulfide) groups is 1. The second kappa shape index (κ2) is 8.79. The number of aromatic nitrogens is 4. The van der Waals surface area contributed by atoms with E-state index < -0.39 is 36.4 Å². The van der Waals surface area contributed by atoms with E-state index in [9.17, 15) is 20.4 Å². The summed E-state index contributed by atoms with van der Waals surface area (Å²) in [5.41, 5.74) is 0.951. The molecule has 0 spiro atoms. The predicted molar refractivity (Wildman–Crippen MR) is 112 cm³/mol. The van der Waals surface area contributed by atoms with Crippen LogP contribution in [0.5, 0.6) is 5.19 Å². The van der Waals surface area contributed by atoms with Gasteiger partial charge in [0.05, 0.1) is 12.8 Å². The van der Waals surface area contributed by atoms with Gasteiger partial charge in [-0.3, -0.25) is 0 Å². The second-order valence-corrected chi connectivity index (χ2v) is 9.24. The summed E-state index contributed by atoms with van der Waals surface area (Å²) in [6.07, 6.45) is -1.78. The van der Waals surface area contributed by atoms with Crippen LogP contribution < -0.4 is 0 Å². The summed E-state index contributed by atoms with van der Waals surface area (Å²) < 4.78 is 7.08. The number of hydrogen-bond donors (Lipinski definition) is 4. The Balaban J connectivity index is 1.61. The molecule has 1 aromatic carbocycles. The van der Waals surface area contributed by atoms with E-state index in [-0.39, 0.29) is 5.19 Å². The van der Waals surface area contributed by atoms with Gasteiger partial charge in [0.25, 0.3) is 5.19 Å². The zero-order valence-corrected chi connectivity index (χ0v) is 18.0. The maximum Gasteiger partial charge on any atom is 0.271 e. The lowest BCUT2D eigenvalue weighted by atomic mass is 9.97. The summed E-state index contributed by atoms with van der Waals surface area (Å²) in [6, 6.07) is 4.58. The van der Waals surface area contributed by atoms with E-state index >= 15 is 0 Å². The number of benzene rings is 1. The third kappa shape index (κ3) is 4.19. The molecule has 0 amide bonds. The van der Waals surface area contributed by atoms with E-state index in [0.29, 0.717) is 16.4 Å². The normalized spacial score (nSPS) is 26.8. The van der Waals surface area contributed by atoms with Crippen LogP contribution in [0.2, 0.25) is 5.02 Å². The summed E-state index contributed by atoms with van der Waals surface area (Å²) in [5.74, 6) is 0. The van der Waals surface area contributed by atoms with Crippen LogP contribution in [0.3, 0.4) is 0 Å². The van der Waals surface area contributed by atoms with Crippen LogP contribution in [0.1, 0.15) is 11.6 Å². The average Bonchev–Trinajstić information content (AvgIpc) is 3.36. The molecule has 4 rings (SSSR count). The largest absolute Gasteiger partial charge is 0.486 e. The van der Waals surface area contributed by atoms with Crippen LogP contribution in [0.25, 0.3) is 11.4 Å². The van der Waals surface area contributed by atoms with Crippen LogP contribution >= 0.6 is 34.7 Å². The Kier molecular flexibility index (Phi) is 6.30. The van der Waals surface area contributed by atoms with Crippen molar-refractivity contribution in [2.24, 2.45) is 0 Å². The maximum atomic E-state index is 11.0. The summed E-state index contributed by atoms with van der Waals surface area (Å²) in [6.45, 7) is 1.46. The molecule has 12 heteroatoms. The van der Waals surface area contributed by atoms with Gasteiger partial charge in [0.2, 0.25) is 0 Å². The van der Waals surface area contributed by atoms with Crippen molar-refractivity contribution in [1.82, 2.24) is 20.0 Å². The van der Waals surface area contributed by atoms with Gasteiger partial charge in [-0.15, -0.1) is 5.10 Å². The number of aliphatic hydroxyl groups is 3. The van der Waals surface area contributed by atoms with Gasteiger partial charge in [0.15, 0.2) is 0 Å². The lowest BCUT2D eigenvalue weighted by Crippen LogP contribution is -2.55. The van der Waals surface area contributed by atoms with Gasteiger partial charge in [0, 0.05) is 15.3 Å². The van der Waals surface area contributed by atoms with Gasteiger partial charge in [-0.1, -0.05) is 46.0 Å². The number of aryl methyl sites for hydroxylation is 1. The molecule has 0 saturated carbocycles. The minimum absolute atomic E-state index is 0.0979. The Bertz CT molecular complexity index is 1030. The molecule has 9 nitrogen and oxygen atoms in total. The van der Waals surface area contributed by atoms with E-state index in [1.165, 1.54) is 22.6 Å². The molecule has 1 aliphatic rings. The van der Waals surface area contributed by atoms with E-state index in [1.807, 2.05) is 19.1 Å². The Labute approximate surface area is 184 Å². The highest BCUT2D eigenvalue weighted by molar-refractivity contribution is 7.99. The van der Waals surface area contributed by atoms with Gasteiger partial charge < -0.3 is 25.2 Å². The fourth-order valence-corrected chi connectivity index (χ4v) is 5.07. The zero-order chi connectivity index (χ0) is 21.4. The molecule has 5 atom stereocenters. The number of ether oxygens (including phenoxy) is 1. The summed E-state index contributed by atoms with van der Waals surface area (Å²) >= 11 is 8.48. The summed E-state index contributed by atoms with van der Waals surface area (Å²) in [5, 5.41) is 50.9. The molecule has 3 heterocycles. The highest BCUT2D eigenvalue weighted by Gasteiger charge is 2.46. The first-order valence-electron chi connectivity index (χ1n) is 8.99. The van der Waals surface area contributed by atoms with E-state index in [1.54, 1.807) is 11.4 Å². The van der Waals surface area contributed by atoms with Crippen LogP contribution in [-0.4, -0.2) is 70.8 Å². The van der Waals surface area contributed by atoms with Gasteiger partial charge in [-0.25, -0.2) is 9.67 Å². The first-order chi connectivity index (χ1) is 14.4. The molecule has 30 heavy (non-hydrogen) atoms. The van der Waals surface area contributed by atoms with E-state index in [4.69, 9.17) is 16.3 Å². The fraction of sp³-hybridized carbons (Fsp3) is 0.389. The molecular weight excluding hydrogens is 452 g/mol. The molecule has 2 aromatic heterocycles. The Hall–Kier alpha value is -1.73. The molecule has 0 aliphatic carbocycles. The molecular formula is C18H19ClN4O5S2. The van der Waals surface area contributed by atoms with Crippen LogP contribution in [0.15, 0.2) is 34.7 Å². The van der Waals surface area contributed by atoms with E-state index in [2.05, 4.69) is 15.3 Å². The second-order valence-electron chi connectivity index (χ2n) is 6.83. The minimum Gasteiger partial charge on any atom is -0.486 e. The fourth-order valence-electron chi connectivity index (χ4n) is 3.18. The highest BCUT2D eigenvalue weighted by atomic mass is 35.5. The maximum absolute atomic E-state index is 11.0. The van der Waals surface area contributed by atoms with Crippen molar-refractivity contribution in [2.75, 3.05) is 6.61 Å². The van der Waals surface area contributed by atoms with Crippen LogP contribution in [0, 0.1) is 6.92 Å². The van der Waals surface area contributed by atoms with Crippen molar-refractivity contribution in [3.63, 3.8) is 0 Å². The van der Waals surface area contributed by atoms with Crippen molar-refractivity contribution in [2.45, 2.75) is 41.6 Å². The zero-order valence-electron chi connectivity index (χ0n) is 15.7. The molecule has 1 aliphatic heterocycles. The topological polar surface area (TPSA) is 134 Å². The number of nitrogens with zero attached hydrogens (tertiary/aromatic N) is 4. The van der Waals surface area contributed by atoms with Crippen molar-refractivity contribution in [3.8, 4) is 16.6 Å². The van der Waals surface area contributed by atoms with Crippen molar-refractivity contribution >= 4 is 34.7 Å².